The molecule has 0 radical (unpaired) electrons. The van der Waals surface area contributed by atoms with Crippen LogP contribution >= 0.6 is 22.6 Å². The van der Waals surface area contributed by atoms with Crippen molar-refractivity contribution in [2.24, 2.45) is 0 Å². The molecule has 0 saturated carbocycles. The molecule has 0 saturated heterocycles. The molecule has 0 atom stereocenters. The van der Waals surface area contributed by atoms with Gasteiger partial charge >= 0.3 is 0 Å². The second-order valence-electron chi connectivity index (χ2n) is 3.04. The molecule has 0 aliphatic heterocycles. The predicted molar refractivity (Wildman–Crippen MR) is 65.4 cm³/mol. The molecular weight excluding hydrogens is 337 g/mol. The van der Waals surface area contributed by atoms with E-state index in [-0.39, 0.29) is 17.1 Å². The van der Waals surface area contributed by atoms with Crippen LogP contribution in [0.3, 0.4) is 0 Å². The third-order valence-electron chi connectivity index (χ3n) is 1.95. The summed E-state index contributed by atoms with van der Waals surface area (Å²) >= 11 is 2.07. The molecule has 0 aliphatic rings. The van der Waals surface area contributed by atoms with Crippen LogP contribution in [0.1, 0.15) is 5.56 Å². The highest BCUT2D eigenvalue weighted by Gasteiger charge is 2.13. The van der Waals surface area contributed by atoms with Crippen LogP contribution in [-0.2, 0) is 0 Å². The Morgan fingerprint density at radius 2 is 2.29 bits per heavy atom. The first-order valence-electron chi connectivity index (χ1n) is 4.37. The normalized spacial score (nSPS) is 9.88. The molecule has 0 aromatic carbocycles. The zero-order valence-electron chi connectivity index (χ0n) is 8.24. The van der Waals surface area contributed by atoms with Gasteiger partial charge in [-0.25, -0.2) is 9.67 Å². The SMILES string of the molecule is N#Cc1cc([N+](=O)[O-])cnc1-n1cc(I)cn1. The lowest BCUT2D eigenvalue weighted by atomic mass is 10.2. The van der Waals surface area contributed by atoms with Crippen LogP contribution < -0.4 is 0 Å². The van der Waals surface area contributed by atoms with Gasteiger partial charge in [-0.3, -0.25) is 10.1 Å². The number of hydrogen-bond acceptors (Lipinski definition) is 5. The molecule has 84 valence electrons. The molecule has 0 spiro atoms. The van der Waals surface area contributed by atoms with Gasteiger partial charge in [0, 0.05) is 12.3 Å². The molecule has 2 rings (SSSR count). The van der Waals surface area contributed by atoms with E-state index < -0.39 is 4.92 Å². The van der Waals surface area contributed by atoms with Crippen LogP contribution in [0.15, 0.2) is 24.7 Å². The fourth-order valence-electron chi connectivity index (χ4n) is 1.23. The molecule has 8 heteroatoms. The molecule has 0 aliphatic carbocycles. The maximum Gasteiger partial charge on any atom is 0.289 e. The highest BCUT2D eigenvalue weighted by molar-refractivity contribution is 14.1. The van der Waals surface area contributed by atoms with Crippen LogP contribution in [0.2, 0.25) is 0 Å². The summed E-state index contributed by atoms with van der Waals surface area (Å²) in [5.41, 5.74) is -0.106. The molecule has 0 amide bonds. The van der Waals surface area contributed by atoms with Crippen molar-refractivity contribution in [3.63, 3.8) is 0 Å². The summed E-state index contributed by atoms with van der Waals surface area (Å²) in [7, 11) is 0. The van der Waals surface area contributed by atoms with E-state index in [1.807, 2.05) is 6.07 Å². The molecule has 2 heterocycles. The molecule has 0 bridgehead atoms. The number of aromatic nitrogens is 3. The Morgan fingerprint density at radius 3 is 2.82 bits per heavy atom. The first-order valence-corrected chi connectivity index (χ1v) is 5.45. The summed E-state index contributed by atoms with van der Waals surface area (Å²) in [6, 6.07) is 3.05. The summed E-state index contributed by atoms with van der Waals surface area (Å²) < 4.78 is 2.29. The Morgan fingerprint density at radius 1 is 1.53 bits per heavy atom. The van der Waals surface area contributed by atoms with Crippen LogP contribution in [0, 0.1) is 25.0 Å². The third-order valence-corrected chi connectivity index (χ3v) is 2.51. The van der Waals surface area contributed by atoms with Crippen molar-refractivity contribution in [1.82, 2.24) is 14.8 Å². The van der Waals surface area contributed by atoms with Gasteiger partial charge in [-0.05, 0) is 22.6 Å². The number of rotatable bonds is 2. The first kappa shape index (κ1) is 11.5. The average molecular weight is 341 g/mol. The minimum atomic E-state index is -0.593. The van der Waals surface area contributed by atoms with Gasteiger partial charge in [-0.15, -0.1) is 0 Å². The Kier molecular flexibility index (Phi) is 3.01. The smallest absolute Gasteiger partial charge is 0.258 e. The molecule has 17 heavy (non-hydrogen) atoms. The van der Waals surface area contributed by atoms with E-state index in [0.717, 1.165) is 9.77 Å². The van der Waals surface area contributed by atoms with Crippen molar-refractivity contribution in [1.29, 1.82) is 5.26 Å². The summed E-state index contributed by atoms with van der Waals surface area (Å²) in [6.45, 7) is 0. The third kappa shape index (κ3) is 2.23. The second-order valence-corrected chi connectivity index (χ2v) is 4.28. The fraction of sp³-hybridized carbons (Fsp3) is 0. The zero-order valence-corrected chi connectivity index (χ0v) is 10.4. The largest absolute Gasteiger partial charge is 0.289 e. The number of pyridine rings is 1. The molecule has 0 unspecified atom stereocenters. The molecule has 0 fully saturated rings. The standard InChI is InChI=1S/C9H4IN5O2/c10-7-3-13-14(5-7)9-6(2-11)1-8(4-12-9)15(16)17/h1,3-5H. The molecule has 2 aromatic heterocycles. The van der Waals surface area contributed by atoms with E-state index in [4.69, 9.17) is 5.26 Å². The Bertz CT molecular complexity index is 631. The summed E-state index contributed by atoms with van der Waals surface area (Å²) in [5.74, 6) is 0.279. The maximum absolute atomic E-state index is 10.6. The van der Waals surface area contributed by atoms with E-state index in [1.54, 1.807) is 12.4 Å². The Labute approximate surface area is 109 Å². The lowest BCUT2D eigenvalue weighted by molar-refractivity contribution is -0.385. The maximum atomic E-state index is 10.6. The summed E-state index contributed by atoms with van der Waals surface area (Å²) in [4.78, 5) is 13.8. The van der Waals surface area contributed by atoms with Crippen LogP contribution in [0.5, 0.6) is 0 Å². The van der Waals surface area contributed by atoms with Gasteiger partial charge in [-0.1, -0.05) is 0 Å². The predicted octanol–water partition coefficient (Wildman–Crippen LogP) is 1.65. The lowest BCUT2D eigenvalue weighted by Crippen LogP contribution is -2.02. The van der Waals surface area contributed by atoms with Gasteiger partial charge in [0.05, 0.1) is 14.7 Å². The van der Waals surface area contributed by atoms with Crippen molar-refractivity contribution >= 4 is 28.3 Å². The number of halogens is 1. The molecule has 0 N–H and O–H groups in total. The van der Waals surface area contributed by atoms with Crippen molar-refractivity contribution in [2.45, 2.75) is 0 Å². The van der Waals surface area contributed by atoms with E-state index in [9.17, 15) is 10.1 Å². The highest BCUT2D eigenvalue weighted by Crippen LogP contribution is 2.17. The fourth-order valence-corrected chi connectivity index (χ4v) is 1.62. The Hall–Kier alpha value is -2.02. The zero-order chi connectivity index (χ0) is 12.4. The summed E-state index contributed by atoms with van der Waals surface area (Å²) in [6.07, 6.45) is 4.38. The topological polar surface area (TPSA) is 97.6 Å². The minimum Gasteiger partial charge on any atom is -0.258 e. The molecular formula is C9H4IN5O2. The number of nitrogens with zero attached hydrogens (tertiary/aromatic N) is 5. The van der Waals surface area contributed by atoms with Crippen molar-refractivity contribution in [3.8, 4) is 11.9 Å². The van der Waals surface area contributed by atoms with E-state index in [2.05, 4.69) is 32.7 Å². The second kappa shape index (κ2) is 4.46. The van der Waals surface area contributed by atoms with Gasteiger partial charge in [0.1, 0.15) is 17.8 Å². The van der Waals surface area contributed by atoms with E-state index in [1.165, 1.54) is 10.7 Å². The van der Waals surface area contributed by atoms with Crippen molar-refractivity contribution in [2.75, 3.05) is 0 Å². The minimum absolute atomic E-state index is 0.110. The van der Waals surface area contributed by atoms with Gasteiger partial charge in [0.2, 0.25) is 0 Å². The van der Waals surface area contributed by atoms with Gasteiger partial charge < -0.3 is 0 Å². The van der Waals surface area contributed by atoms with E-state index in [0.29, 0.717) is 0 Å². The average Bonchev–Trinajstić information content (AvgIpc) is 2.74. The number of nitro groups is 1. The quantitative estimate of drug-likeness (QED) is 0.470. The van der Waals surface area contributed by atoms with E-state index >= 15 is 0 Å². The molecule has 7 nitrogen and oxygen atoms in total. The first-order chi connectivity index (χ1) is 8.11. The monoisotopic (exact) mass is 341 g/mol. The molecule has 2 aromatic rings. The van der Waals surface area contributed by atoms with Crippen molar-refractivity contribution < 1.29 is 4.92 Å². The van der Waals surface area contributed by atoms with Crippen molar-refractivity contribution in [3.05, 3.63) is 43.9 Å². The summed E-state index contributed by atoms with van der Waals surface area (Å²) in [5, 5.41) is 23.5. The number of nitriles is 1. The van der Waals surface area contributed by atoms with Gasteiger partial charge in [0.25, 0.3) is 5.69 Å². The van der Waals surface area contributed by atoms with Gasteiger partial charge in [0.15, 0.2) is 5.82 Å². The van der Waals surface area contributed by atoms with Crippen LogP contribution in [0.4, 0.5) is 5.69 Å². The lowest BCUT2D eigenvalue weighted by Gasteiger charge is -2.01. The Balaban J connectivity index is 2.56. The number of hydrogen-bond donors (Lipinski definition) is 0. The van der Waals surface area contributed by atoms with Crippen LogP contribution in [0.25, 0.3) is 5.82 Å². The van der Waals surface area contributed by atoms with Gasteiger partial charge in [-0.2, -0.15) is 10.4 Å². The highest BCUT2D eigenvalue weighted by atomic mass is 127. The van der Waals surface area contributed by atoms with Crippen LogP contribution in [-0.4, -0.2) is 19.7 Å².